The van der Waals surface area contributed by atoms with E-state index in [4.69, 9.17) is 111 Å². The van der Waals surface area contributed by atoms with E-state index >= 15 is 0 Å². The van der Waals surface area contributed by atoms with Crippen LogP contribution in [0.15, 0.2) is 0 Å². The lowest BCUT2D eigenvalue weighted by Gasteiger charge is -2.12. The third-order valence-corrected chi connectivity index (χ3v) is 9.27. The zero-order valence-corrected chi connectivity index (χ0v) is 45.1. The van der Waals surface area contributed by atoms with Crippen molar-refractivity contribution in [3.8, 4) is 12.3 Å². The van der Waals surface area contributed by atoms with Crippen LogP contribution in [-0.4, -0.2) is 300 Å². The number of nitrogens with zero attached hydrogens (tertiary/aromatic N) is 1. The molecular weight excluding hydrogens is 1010 g/mol. The molecule has 0 saturated carbocycles. The van der Waals surface area contributed by atoms with E-state index < -0.39 is 17.8 Å². The number of hydrogen-bond donors (Lipinski definition) is 0. The molecular formula is C50H91NO25. The van der Waals surface area contributed by atoms with Crippen molar-refractivity contribution >= 4 is 17.8 Å². The molecule has 26 nitrogen and oxygen atoms in total. The van der Waals surface area contributed by atoms with Crippen molar-refractivity contribution in [2.45, 2.75) is 19.3 Å². The molecule has 0 N–H and O–H groups in total. The number of terminal acetylenes is 1. The highest BCUT2D eigenvalue weighted by atomic mass is 16.7. The zero-order chi connectivity index (χ0) is 54.4. The highest BCUT2D eigenvalue weighted by Crippen LogP contribution is 2.12. The molecule has 0 atom stereocenters. The van der Waals surface area contributed by atoms with Gasteiger partial charge in [0.2, 0.25) is 0 Å². The number of ether oxygens (including phenoxy) is 21. The van der Waals surface area contributed by atoms with Gasteiger partial charge in [0, 0.05) is 12.8 Å². The van der Waals surface area contributed by atoms with Crippen LogP contribution in [0.3, 0.4) is 0 Å². The van der Waals surface area contributed by atoms with Gasteiger partial charge in [-0.1, -0.05) is 5.92 Å². The Kier molecular flexibility index (Phi) is 57.8. The van der Waals surface area contributed by atoms with E-state index in [2.05, 4.69) is 5.92 Å². The first-order valence-corrected chi connectivity index (χ1v) is 26.3. The monoisotopic (exact) mass is 1110 g/mol. The number of amides is 2. The van der Waals surface area contributed by atoms with Gasteiger partial charge in [-0.3, -0.25) is 9.59 Å². The summed E-state index contributed by atoms with van der Waals surface area (Å²) in [5.74, 6) is 0.663. The summed E-state index contributed by atoms with van der Waals surface area (Å²) in [6.07, 6.45) is 5.12. The van der Waals surface area contributed by atoms with Gasteiger partial charge in [0.1, 0.15) is 6.61 Å². The van der Waals surface area contributed by atoms with E-state index in [9.17, 15) is 14.4 Å². The summed E-state index contributed by atoms with van der Waals surface area (Å²) in [6.45, 7) is 18.9. The van der Waals surface area contributed by atoms with Crippen molar-refractivity contribution in [1.82, 2.24) is 5.06 Å². The second kappa shape index (κ2) is 61.5. The van der Waals surface area contributed by atoms with E-state index in [0.29, 0.717) is 269 Å². The minimum atomic E-state index is -0.704. The van der Waals surface area contributed by atoms with Gasteiger partial charge in [0.25, 0.3) is 11.8 Å². The summed E-state index contributed by atoms with van der Waals surface area (Å²) < 4.78 is 114. The maximum Gasteiger partial charge on any atom is 0.335 e. The van der Waals surface area contributed by atoms with Crippen LogP contribution in [0.5, 0.6) is 0 Å². The molecule has 446 valence electrons. The predicted octanol–water partition coefficient (Wildman–Crippen LogP) is -0.0345. The SMILES string of the molecule is C#CCOCCOCCOCCOCCOCCOCCOCCOCCOCCOCCOCCOCCOCCOCCOCCOCCOCCOCCOCCOCCOCCC(=O)ON1C(=O)CCC1=O. The Balaban J connectivity index is 1.60. The van der Waals surface area contributed by atoms with E-state index in [1.165, 1.54) is 0 Å². The second-order valence-corrected chi connectivity index (χ2v) is 15.3. The first kappa shape index (κ1) is 71.3. The zero-order valence-electron chi connectivity index (χ0n) is 45.1. The van der Waals surface area contributed by atoms with Crippen molar-refractivity contribution in [3.63, 3.8) is 0 Å². The number of hydroxylamine groups is 2. The third-order valence-electron chi connectivity index (χ3n) is 9.27. The van der Waals surface area contributed by atoms with Crippen molar-refractivity contribution < 1.29 is 119 Å². The minimum absolute atomic E-state index is 0.0530. The molecule has 0 spiro atoms. The van der Waals surface area contributed by atoms with Gasteiger partial charge in [0.15, 0.2) is 0 Å². The summed E-state index contributed by atoms with van der Waals surface area (Å²) in [5.41, 5.74) is 0. The fourth-order valence-corrected chi connectivity index (χ4v) is 5.49. The normalized spacial score (nSPS) is 12.6. The Morgan fingerprint density at radius 2 is 0.447 bits per heavy atom. The average Bonchev–Trinajstić information content (AvgIpc) is 3.74. The van der Waals surface area contributed by atoms with Crippen LogP contribution in [0.25, 0.3) is 0 Å². The van der Waals surface area contributed by atoms with Crippen LogP contribution in [0.1, 0.15) is 19.3 Å². The molecule has 1 aliphatic rings. The number of rotatable bonds is 65. The molecule has 0 unspecified atom stereocenters. The standard InChI is InChI=1S/C50H91NO25/c1-2-6-55-8-10-57-12-14-59-16-18-61-20-22-63-24-26-65-28-30-67-32-34-69-36-38-71-40-42-73-44-46-75-47-45-74-43-41-72-39-37-70-35-33-68-31-29-66-27-25-64-23-21-62-19-17-60-15-13-58-11-9-56-7-5-50(54)76-51-48(52)3-4-49(51)53/h1H,3-47H2. The number of carbonyl (C=O) groups is 3. The molecule has 1 aliphatic heterocycles. The average molecular weight is 1110 g/mol. The van der Waals surface area contributed by atoms with Gasteiger partial charge in [0.05, 0.1) is 277 Å². The lowest BCUT2D eigenvalue weighted by molar-refractivity contribution is -0.198. The summed E-state index contributed by atoms with van der Waals surface area (Å²) in [5, 5.41) is 0.517. The maximum atomic E-state index is 11.7. The van der Waals surface area contributed by atoms with Gasteiger partial charge in [-0.25, -0.2) is 4.79 Å². The molecule has 1 saturated heterocycles. The van der Waals surface area contributed by atoms with E-state index in [1.807, 2.05) is 0 Å². The number of carbonyl (C=O) groups excluding carboxylic acids is 3. The fourth-order valence-electron chi connectivity index (χ4n) is 5.49. The molecule has 0 bridgehead atoms. The summed E-state index contributed by atoms with van der Waals surface area (Å²) in [4.78, 5) is 39.3. The lowest BCUT2D eigenvalue weighted by Crippen LogP contribution is -2.32. The lowest BCUT2D eigenvalue weighted by atomic mass is 10.4. The quantitative estimate of drug-likeness (QED) is 0.0440. The van der Waals surface area contributed by atoms with Gasteiger partial charge < -0.3 is 104 Å². The van der Waals surface area contributed by atoms with E-state index in [1.54, 1.807) is 0 Å². The molecule has 0 radical (unpaired) electrons. The van der Waals surface area contributed by atoms with Crippen LogP contribution in [0.2, 0.25) is 0 Å². The molecule has 0 aromatic carbocycles. The summed E-state index contributed by atoms with van der Waals surface area (Å²) in [7, 11) is 0. The van der Waals surface area contributed by atoms with Gasteiger partial charge >= 0.3 is 5.97 Å². The Labute approximate surface area is 449 Å². The van der Waals surface area contributed by atoms with Gasteiger partial charge in [-0.05, 0) is 0 Å². The first-order chi connectivity index (χ1) is 37.6. The van der Waals surface area contributed by atoms with Crippen molar-refractivity contribution in [2.24, 2.45) is 0 Å². The second-order valence-electron chi connectivity index (χ2n) is 15.3. The largest absolute Gasteiger partial charge is 0.378 e. The Hall–Kier alpha value is -2.67. The van der Waals surface area contributed by atoms with Crippen molar-refractivity contribution in [3.05, 3.63) is 0 Å². The van der Waals surface area contributed by atoms with Gasteiger partial charge in [-0.2, -0.15) is 0 Å². The van der Waals surface area contributed by atoms with Crippen LogP contribution in [0.4, 0.5) is 0 Å². The molecule has 76 heavy (non-hydrogen) atoms. The number of imide groups is 1. The topological polar surface area (TPSA) is 258 Å². The summed E-state index contributed by atoms with van der Waals surface area (Å²) in [6, 6.07) is 0. The molecule has 2 amide bonds. The Bertz CT molecular complexity index is 1270. The van der Waals surface area contributed by atoms with Gasteiger partial charge in [-0.15, -0.1) is 11.5 Å². The Morgan fingerprint density at radius 3 is 0.618 bits per heavy atom. The van der Waals surface area contributed by atoms with Crippen LogP contribution in [-0.2, 0) is 119 Å². The first-order valence-electron chi connectivity index (χ1n) is 26.3. The predicted molar refractivity (Wildman–Crippen MR) is 268 cm³/mol. The molecule has 0 aromatic rings. The highest BCUT2D eigenvalue weighted by molar-refractivity contribution is 6.01. The minimum Gasteiger partial charge on any atom is -0.378 e. The van der Waals surface area contributed by atoms with Crippen molar-refractivity contribution in [2.75, 3.05) is 277 Å². The maximum absolute atomic E-state index is 11.7. The van der Waals surface area contributed by atoms with E-state index in [-0.39, 0.29) is 32.5 Å². The molecule has 26 heteroatoms. The van der Waals surface area contributed by atoms with Crippen molar-refractivity contribution in [1.29, 1.82) is 0 Å². The highest BCUT2D eigenvalue weighted by Gasteiger charge is 2.32. The van der Waals surface area contributed by atoms with Crippen LogP contribution < -0.4 is 0 Å². The molecule has 1 heterocycles. The Morgan fingerprint density at radius 1 is 0.289 bits per heavy atom. The number of hydrogen-bond acceptors (Lipinski definition) is 25. The molecule has 1 fully saturated rings. The third kappa shape index (κ3) is 54.7. The summed E-state index contributed by atoms with van der Waals surface area (Å²) >= 11 is 0. The smallest absolute Gasteiger partial charge is 0.335 e. The van der Waals surface area contributed by atoms with Crippen LogP contribution in [0, 0.1) is 12.3 Å². The van der Waals surface area contributed by atoms with E-state index in [0.717, 1.165) is 0 Å². The molecule has 1 rings (SSSR count). The molecule has 0 aliphatic carbocycles. The molecule has 0 aromatic heterocycles. The van der Waals surface area contributed by atoms with Crippen LogP contribution >= 0.6 is 0 Å². The fraction of sp³-hybridized carbons (Fsp3) is 0.900.